The summed E-state index contributed by atoms with van der Waals surface area (Å²) < 4.78 is 3.39. The van der Waals surface area contributed by atoms with E-state index in [-0.39, 0.29) is 0 Å². The third kappa shape index (κ3) is 2.30. The number of rotatable bonds is 0. The Bertz CT molecular complexity index is 983. The van der Waals surface area contributed by atoms with Crippen molar-refractivity contribution < 1.29 is 4.57 Å². The van der Waals surface area contributed by atoms with E-state index in [0.717, 1.165) is 4.47 Å². The Hall–Kier alpha value is -1.87. The van der Waals surface area contributed by atoms with Gasteiger partial charge in [-0.1, -0.05) is 35.8 Å². The average Bonchev–Trinajstić information content (AvgIpc) is 2.88. The van der Waals surface area contributed by atoms with Crippen molar-refractivity contribution in [3.63, 3.8) is 0 Å². The summed E-state index contributed by atoms with van der Waals surface area (Å²) in [5.74, 6) is 0. The van der Waals surface area contributed by atoms with Crippen molar-refractivity contribution in [2.75, 3.05) is 0 Å². The highest BCUT2D eigenvalue weighted by Gasteiger charge is 2.17. The second-order valence-corrected chi connectivity index (χ2v) is 6.26. The maximum atomic E-state index is 3.57. The first-order valence-electron chi connectivity index (χ1n) is 7.64. The van der Waals surface area contributed by atoms with E-state index in [4.69, 9.17) is 0 Å². The van der Waals surface area contributed by atoms with Crippen molar-refractivity contribution in [2.45, 2.75) is 20.8 Å². The molecule has 0 aliphatic carbocycles. The number of hydrogen-bond donors (Lipinski definition) is 1. The minimum Gasteiger partial charge on any atom is -0.349 e. The van der Waals surface area contributed by atoms with E-state index in [9.17, 15) is 0 Å². The number of aromatic amines is 1. The van der Waals surface area contributed by atoms with Crippen molar-refractivity contribution in [3.8, 4) is 0 Å². The molecule has 0 radical (unpaired) electrons. The minimum absolute atomic E-state index is 1.11. The molecule has 0 amide bonds. The Morgan fingerprint density at radius 3 is 2.50 bits per heavy atom. The summed E-state index contributed by atoms with van der Waals surface area (Å²) in [7, 11) is 2.14. The van der Waals surface area contributed by atoms with E-state index in [1.807, 2.05) is 13.8 Å². The van der Waals surface area contributed by atoms with Gasteiger partial charge in [-0.15, -0.1) is 0 Å². The van der Waals surface area contributed by atoms with Crippen molar-refractivity contribution in [1.29, 1.82) is 0 Å². The second-order valence-electron chi connectivity index (χ2n) is 5.34. The number of halogens is 1. The maximum absolute atomic E-state index is 3.57. The molecule has 0 saturated heterocycles. The average molecular weight is 356 g/mol. The lowest BCUT2D eigenvalue weighted by atomic mass is 10.1. The summed E-state index contributed by atoms with van der Waals surface area (Å²) in [5.41, 5.74) is 6.15. The van der Waals surface area contributed by atoms with E-state index in [1.54, 1.807) is 0 Å². The fourth-order valence-electron chi connectivity index (χ4n) is 2.98. The molecule has 2 aromatic carbocycles. The smallest absolute Gasteiger partial charge is 0.238 e. The first kappa shape index (κ1) is 15.0. The van der Waals surface area contributed by atoms with E-state index >= 15 is 0 Å². The maximum Gasteiger partial charge on any atom is 0.238 e. The normalized spacial score (nSPS) is 11.0. The molecule has 0 aliphatic heterocycles. The summed E-state index contributed by atoms with van der Waals surface area (Å²) in [5, 5.41) is 2.51. The number of hydrogen-bond acceptors (Lipinski definition) is 0. The summed E-state index contributed by atoms with van der Waals surface area (Å²) in [4.78, 5) is 3.51. The van der Waals surface area contributed by atoms with Gasteiger partial charge in [0, 0.05) is 15.9 Å². The number of nitrogens with zero attached hydrogens (tertiary/aromatic N) is 1. The summed E-state index contributed by atoms with van der Waals surface area (Å²) in [6.45, 7) is 6.13. The Balaban J connectivity index is 0.000000693. The quantitative estimate of drug-likeness (QED) is 0.407. The lowest BCUT2D eigenvalue weighted by Crippen LogP contribution is -2.29. The van der Waals surface area contributed by atoms with Crippen molar-refractivity contribution in [3.05, 3.63) is 52.5 Å². The van der Waals surface area contributed by atoms with Crippen LogP contribution in [0.25, 0.3) is 32.8 Å². The first-order valence-corrected chi connectivity index (χ1v) is 8.43. The molecule has 3 heteroatoms. The topological polar surface area (TPSA) is 19.7 Å². The summed E-state index contributed by atoms with van der Waals surface area (Å²) in [6, 6.07) is 15.2. The molecule has 0 spiro atoms. The van der Waals surface area contributed by atoms with Gasteiger partial charge in [-0.25, -0.2) is 0 Å². The third-order valence-electron chi connectivity index (χ3n) is 3.94. The number of H-pyrrole nitrogens is 1. The molecule has 4 aromatic rings. The van der Waals surface area contributed by atoms with Gasteiger partial charge >= 0.3 is 0 Å². The molecular formula is C19H20BrN2+. The van der Waals surface area contributed by atoms with Crippen LogP contribution in [0.1, 0.15) is 19.4 Å². The molecule has 1 N–H and O–H groups in total. The van der Waals surface area contributed by atoms with E-state index < -0.39 is 0 Å². The predicted octanol–water partition coefficient (Wildman–Crippen LogP) is 5.40. The van der Waals surface area contributed by atoms with Gasteiger partial charge < -0.3 is 4.98 Å². The zero-order valence-electron chi connectivity index (χ0n) is 13.4. The minimum atomic E-state index is 1.11. The van der Waals surface area contributed by atoms with Gasteiger partial charge in [0.2, 0.25) is 11.0 Å². The summed E-state index contributed by atoms with van der Waals surface area (Å²) >= 11 is 3.57. The first-order chi connectivity index (χ1) is 10.6. The number of aryl methyl sites for hydroxylation is 2. The Morgan fingerprint density at radius 2 is 1.73 bits per heavy atom. The highest BCUT2D eigenvalue weighted by atomic mass is 79.9. The molecule has 112 valence electrons. The Morgan fingerprint density at radius 1 is 0.955 bits per heavy atom. The molecule has 2 aromatic heterocycles. The van der Waals surface area contributed by atoms with Crippen LogP contribution in [0.4, 0.5) is 0 Å². The lowest BCUT2D eigenvalue weighted by molar-refractivity contribution is -0.616. The molecule has 0 aliphatic rings. The molecule has 0 atom stereocenters. The van der Waals surface area contributed by atoms with E-state index in [1.165, 1.54) is 38.4 Å². The van der Waals surface area contributed by atoms with Crippen LogP contribution in [0.5, 0.6) is 0 Å². The van der Waals surface area contributed by atoms with Gasteiger partial charge in [-0.2, -0.15) is 4.57 Å². The van der Waals surface area contributed by atoms with Crippen LogP contribution in [0, 0.1) is 6.92 Å². The number of nitrogens with one attached hydrogen (secondary N) is 1. The third-order valence-corrected chi connectivity index (χ3v) is 4.44. The number of benzene rings is 2. The number of aromatic nitrogens is 2. The zero-order valence-corrected chi connectivity index (χ0v) is 15.0. The van der Waals surface area contributed by atoms with E-state index in [0.29, 0.717) is 0 Å². The molecular weight excluding hydrogens is 336 g/mol. The molecule has 2 heterocycles. The van der Waals surface area contributed by atoms with Crippen LogP contribution in [0.15, 0.2) is 46.9 Å². The van der Waals surface area contributed by atoms with Crippen LogP contribution in [0.3, 0.4) is 0 Å². The molecule has 0 bridgehead atoms. The van der Waals surface area contributed by atoms with Gasteiger partial charge in [-0.05, 0) is 42.8 Å². The van der Waals surface area contributed by atoms with Gasteiger partial charge in [0.25, 0.3) is 0 Å². The van der Waals surface area contributed by atoms with Crippen molar-refractivity contribution in [2.24, 2.45) is 7.05 Å². The standard InChI is InChI=1S/C17H13BrN2.C2H6/c1-10-3-4-11-8-15-17(20(2)16(11)7-10)13-9-12(18)5-6-14(13)19-15;1-2/h3-9H,1-2H3;1-2H3/p+1. The van der Waals surface area contributed by atoms with Gasteiger partial charge in [0.15, 0.2) is 0 Å². The largest absolute Gasteiger partial charge is 0.349 e. The second kappa shape index (κ2) is 5.73. The molecule has 4 rings (SSSR count). The van der Waals surface area contributed by atoms with Crippen LogP contribution in [-0.4, -0.2) is 4.98 Å². The van der Waals surface area contributed by atoms with Crippen LogP contribution in [0.2, 0.25) is 0 Å². The predicted molar refractivity (Wildman–Crippen MR) is 98.3 cm³/mol. The fraction of sp³-hybridized carbons (Fsp3) is 0.211. The SMILES string of the molecule is CC.Cc1ccc2cc3[nH]c4ccc(Br)cc4c3[n+](C)c2c1. The van der Waals surface area contributed by atoms with Crippen LogP contribution < -0.4 is 4.57 Å². The Kier molecular flexibility index (Phi) is 3.92. The van der Waals surface area contributed by atoms with E-state index in [2.05, 4.69) is 81.9 Å². The monoisotopic (exact) mass is 355 g/mol. The van der Waals surface area contributed by atoms with Crippen LogP contribution >= 0.6 is 15.9 Å². The number of pyridine rings is 1. The van der Waals surface area contributed by atoms with Crippen molar-refractivity contribution in [1.82, 2.24) is 4.98 Å². The van der Waals surface area contributed by atoms with Gasteiger partial charge in [0.05, 0.1) is 10.9 Å². The summed E-state index contributed by atoms with van der Waals surface area (Å²) in [6.07, 6.45) is 0. The Labute approximate surface area is 138 Å². The van der Waals surface area contributed by atoms with Crippen molar-refractivity contribution >= 4 is 48.8 Å². The number of fused-ring (bicyclic) bond motifs is 4. The van der Waals surface area contributed by atoms with Gasteiger partial charge in [-0.3, -0.25) is 0 Å². The molecule has 0 unspecified atom stereocenters. The van der Waals surface area contributed by atoms with Crippen LogP contribution in [-0.2, 0) is 7.05 Å². The fourth-order valence-corrected chi connectivity index (χ4v) is 3.34. The molecule has 2 nitrogen and oxygen atoms in total. The highest BCUT2D eigenvalue weighted by molar-refractivity contribution is 9.10. The zero-order chi connectivity index (χ0) is 15.9. The van der Waals surface area contributed by atoms with Gasteiger partial charge in [0.1, 0.15) is 12.6 Å². The molecule has 0 saturated carbocycles. The molecule has 0 fully saturated rings. The lowest BCUT2D eigenvalue weighted by Gasteiger charge is -2.00. The highest BCUT2D eigenvalue weighted by Crippen LogP contribution is 2.28. The molecule has 22 heavy (non-hydrogen) atoms.